The molecule has 0 atom stereocenters. The number of rotatable bonds is 2. The van der Waals surface area contributed by atoms with E-state index in [0.717, 1.165) is 19.3 Å². The standard InChI is InChI=1S/C14H17Br/c1-4-5-6-7-8-13-9-11(2)12(3)10-14(13)15/h9-10H,4,7-8H2,1-3H3. The Hall–Kier alpha value is -0.740. The molecular weight excluding hydrogens is 248 g/mol. The van der Waals surface area contributed by atoms with Gasteiger partial charge in [-0.1, -0.05) is 28.9 Å². The van der Waals surface area contributed by atoms with E-state index in [1.165, 1.54) is 21.2 Å². The summed E-state index contributed by atoms with van der Waals surface area (Å²) in [6, 6.07) is 4.45. The molecule has 0 saturated carbocycles. The molecule has 0 spiro atoms. The van der Waals surface area contributed by atoms with E-state index < -0.39 is 0 Å². The van der Waals surface area contributed by atoms with Crippen LogP contribution in [0.25, 0.3) is 0 Å². The summed E-state index contributed by atoms with van der Waals surface area (Å²) in [6.07, 6.45) is 2.94. The smallest absolute Gasteiger partial charge is 0.0210 e. The van der Waals surface area contributed by atoms with Crippen LogP contribution in [-0.2, 0) is 6.42 Å². The molecule has 0 heterocycles. The molecule has 0 fully saturated rings. The molecule has 0 unspecified atom stereocenters. The number of hydrogen-bond acceptors (Lipinski definition) is 0. The highest BCUT2D eigenvalue weighted by Gasteiger charge is 2.01. The van der Waals surface area contributed by atoms with E-state index in [1.54, 1.807) is 0 Å². The van der Waals surface area contributed by atoms with E-state index in [9.17, 15) is 0 Å². The van der Waals surface area contributed by atoms with Gasteiger partial charge in [0, 0.05) is 17.3 Å². The lowest BCUT2D eigenvalue weighted by atomic mass is 10.0. The minimum atomic E-state index is 0.952. The predicted molar refractivity (Wildman–Crippen MR) is 70.0 cm³/mol. The molecule has 1 rings (SSSR count). The van der Waals surface area contributed by atoms with E-state index in [4.69, 9.17) is 0 Å². The van der Waals surface area contributed by atoms with Gasteiger partial charge in [0.25, 0.3) is 0 Å². The van der Waals surface area contributed by atoms with Gasteiger partial charge in [0.2, 0.25) is 0 Å². The first-order valence-corrected chi connectivity index (χ1v) is 6.15. The van der Waals surface area contributed by atoms with Crippen LogP contribution in [0.4, 0.5) is 0 Å². The lowest BCUT2D eigenvalue weighted by molar-refractivity contribution is 1.01. The van der Waals surface area contributed by atoms with Crippen LogP contribution in [0.3, 0.4) is 0 Å². The Balaban J connectivity index is 2.73. The minimum absolute atomic E-state index is 0.952. The zero-order valence-electron chi connectivity index (χ0n) is 9.65. The summed E-state index contributed by atoms with van der Waals surface area (Å²) in [4.78, 5) is 0. The van der Waals surface area contributed by atoms with Crippen LogP contribution in [0.2, 0.25) is 0 Å². The van der Waals surface area contributed by atoms with Crippen LogP contribution in [0.1, 0.15) is 36.5 Å². The molecule has 1 heteroatoms. The number of halogens is 1. The molecule has 0 bridgehead atoms. The van der Waals surface area contributed by atoms with Gasteiger partial charge in [0.1, 0.15) is 0 Å². The quantitative estimate of drug-likeness (QED) is 0.695. The summed E-state index contributed by atoms with van der Waals surface area (Å²) in [5, 5.41) is 0. The van der Waals surface area contributed by atoms with Crippen LogP contribution in [-0.4, -0.2) is 0 Å². The summed E-state index contributed by atoms with van der Waals surface area (Å²) in [5.74, 6) is 6.27. The summed E-state index contributed by atoms with van der Waals surface area (Å²) in [7, 11) is 0. The van der Waals surface area contributed by atoms with Crippen LogP contribution >= 0.6 is 15.9 Å². The zero-order chi connectivity index (χ0) is 11.3. The highest BCUT2D eigenvalue weighted by molar-refractivity contribution is 9.10. The van der Waals surface area contributed by atoms with Gasteiger partial charge in [0.15, 0.2) is 0 Å². The van der Waals surface area contributed by atoms with E-state index in [-0.39, 0.29) is 0 Å². The van der Waals surface area contributed by atoms with Gasteiger partial charge >= 0.3 is 0 Å². The molecule has 0 amide bonds. The molecule has 0 nitrogen and oxygen atoms in total. The van der Waals surface area contributed by atoms with Crippen molar-refractivity contribution in [3.05, 3.63) is 33.3 Å². The van der Waals surface area contributed by atoms with Crippen molar-refractivity contribution in [2.75, 3.05) is 0 Å². The van der Waals surface area contributed by atoms with Crippen molar-refractivity contribution in [3.63, 3.8) is 0 Å². The molecule has 0 radical (unpaired) electrons. The first-order valence-electron chi connectivity index (χ1n) is 5.36. The number of benzene rings is 1. The second-order valence-corrected chi connectivity index (χ2v) is 4.59. The van der Waals surface area contributed by atoms with Crippen LogP contribution in [0, 0.1) is 25.7 Å². The molecule has 0 aliphatic carbocycles. The molecule has 0 aromatic heterocycles. The van der Waals surface area contributed by atoms with Gasteiger partial charge < -0.3 is 0 Å². The zero-order valence-corrected chi connectivity index (χ0v) is 11.2. The topological polar surface area (TPSA) is 0 Å². The molecule has 0 aliphatic rings. The van der Waals surface area contributed by atoms with Gasteiger partial charge in [-0.3, -0.25) is 0 Å². The average Bonchev–Trinajstić information content (AvgIpc) is 2.20. The third-order valence-corrected chi connectivity index (χ3v) is 3.22. The van der Waals surface area contributed by atoms with Crippen molar-refractivity contribution in [3.8, 4) is 11.8 Å². The van der Waals surface area contributed by atoms with Crippen molar-refractivity contribution in [1.29, 1.82) is 0 Å². The highest BCUT2D eigenvalue weighted by atomic mass is 79.9. The van der Waals surface area contributed by atoms with Gasteiger partial charge in [-0.25, -0.2) is 0 Å². The summed E-state index contributed by atoms with van der Waals surface area (Å²) < 4.78 is 1.21. The number of hydrogen-bond donors (Lipinski definition) is 0. The Morgan fingerprint density at radius 3 is 2.47 bits per heavy atom. The monoisotopic (exact) mass is 264 g/mol. The Morgan fingerprint density at radius 1 is 1.13 bits per heavy atom. The Labute approximate surface area is 101 Å². The second kappa shape index (κ2) is 5.98. The summed E-state index contributed by atoms with van der Waals surface area (Å²) >= 11 is 3.60. The fourth-order valence-electron chi connectivity index (χ4n) is 1.44. The third-order valence-electron chi connectivity index (χ3n) is 2.48. The summed E-state index contributed by atoms with van der Waals surface area (Å²) in [5.41, 5.74) is 4.06. The molecule has 0 aliphatic heterocycles. The van der Waals surface area contributed by atoms with Crippen LogP contribution in [0.5, 0.6) is 0 Å². The van der Waals surface area contributed by atoms with Gasteiger partial charge in [-0.2, -0.15) is 0 Å². The molecule has 1 aromatic rings. The maximum absolute atomic E-state index is 3.60. The molecule has 15 heavy (non-hydrogen) atoms. The SMILES string of the molecule is CCC#CCCc1cc(C)c(C)cc1Br. The van der Waals surface area contributed by atoms with Crippen molar-refractivity contribution >= 4 is 15.9 Å². The first kappa shape index (κ1) is 12.3. The van der Waals surface area contributed by atoms with Gasteiger partial charge in [-0.15, -0.1) is 11.8 Å². The second-order valence-electron chi connectivity index (χ2n) is 3.73. The van der Waals surface area contributed by atoms with Crippen LogP contribution in [0.15, 0.2) is 16.6 Å². The normalized spacial score (nSPS) is 9.60. The number of aryl methyl sites for hydroxylation is 3. The predicted octanol–water partition coefficient (Wildman–Crippen LogP) is 4.41. The Bertz CT molecular complexity index is 394. The highest BCUT2D eigenvalue weighted by Crippen LogP contribution is 2.22. The first-order chi connectivity index (χ1) is 7.15. The average molecular weight is 265 g/mol. The molecule has 0 N–H and O–H groups in total. The van der Waals surface area contributed by atoms with Crippen LogP contribution < -0.4 is 0 Å². The molecule has 80 valence electrons. The van der Waals surface area contributed by atoms with E-state index in [2.05, 4.69) is 60.7 Å². The van der Waals surface area contributed by atoms with Gasteiger partial charge in [-0.05, 0) is 43.0 Å². The largest absolute Gasteiger partial charge is 0.104 e. The molecule has 1 aromatic carbocycles. The Kier molecular flexibility index (Phi) is 4.91. The maximum Gasteiger partial charge on any atom is 0.0210 e. The third kappa shape index (κ3) is 3.72. The van der Waals surface area contributed by atoms with E-state index in [1.807, 2.05) is 0 Å². The molecule has 0 saturated heterocycles. The Morgan fingerprint density at radius 2 is 1.80 bits per heavy atom. The lowest BCUT2D eigenvalue weighted by Gasteiger charge is -2.06. The fourth-order valence-corrected chi connectivity index (χ4v) is 2.10. The van der Waals surface area contributed by atoms with Crippen molar-refractivity contribution in [2.45, 2.75) is 40.0 Å². The van der Waals surface area contributed by atoms with E-state index in [0.29, 0.717) is 0 Å². The van der Waals surface area contributed by atoms with E-state index >= 15 is 0 Å². The summed E-state index contributed by atoms with van der Waals surface area (Å²) in [6.45, 7) is 6.38. The van der Waals surface area contributed by atoms with Crippen molar-refractivity contribution < 1.29 is 0 Å². The van der Waals surface area contributed by atoms with Gasteiger partial charge in [0.05, 0.1) is 0 Å². The van der Waals surface area contributed by atoms with Crippen molar-refractivity contribution in [2.24, 2.45) is 0 Å². The fraction of sp³-hybridized carbons (Fsp3) is 0.429. The minimum Gasteiger partial charge on any atom is -0.104 e. The molecular formula is C14H17Br. The lowest BCUT2D eigenvalue weighted by Crippen LogP contribution is -1.90. The maximum atomic E-state index is 3.60. The van der Waals surface area contributed by atoms with Crippen molar-refractivity contribution in [1.82, 2.24) is 0 Å².